The highest BCUT2D eigenvalue weighted by Crippen LogP contribution is 2.18. The summed E-state index contributed by atoms with van der Waals surface area (Å²) >= 11 is 0. The van der Waals surface area contributed by atoms with Crippen molar-refractivity contribution in [3.8, 4) is 5.69 Å². The number of ether oxygens (including phenoxy) is 1. The number of benzene rings is 1. The number of rotatable bonds is 7. The fourth-order valence-corrected chi connectivity index (χ4v) is 2.97. The molecule has 6 nitrogen and oxygen atoms in total. The van der Waals surface area contributed by atoms with Crippen molar-refractivity contribution in [3.63, 3.8) is 0 Å². The Morgan fingerprint density at radius 3 is 2.30 bits per heavy atom. The maximum Gasteiger partial charge on any atom is 0.341 e. The van der Waals surface area contributed by atoms with Crippen molar-refractivity contribution in [1.82, 2.24) is 14.7 Å². The molecular weight excluding hydrogens is 342 g/mol. The summed E-state index contributed by atoms with van der Waals surface area (Å²) in [6.45, 7) is 12.9. The van der Waals surface area contributed by atoms with Crippen molar-refractivity contribution in [2.24, 2.45) is 5.92 Å². The number of amides is 1. The Balaban J connectivity index is 2.25. The standard InChI is InChI=1S/C21H29N3O3/c1-7-23(15(5)14(3)4)20(25)17-9-11-18(12-10-17)24-16(6)19(13-22-24)21(26)27-8-2/h9-15H,7-8H2,1-6H3/t15-/m0/s1. The van der Waals surface area contributed by atoms with Crippen LogP contribution in [0.5, 0.6) is 0 Å². The summed E-state index contributed by atoms with van der Waals surface area (Å²) in [4.78, 5) is 26.7. The van der Waals surface area contributed by atoms with Gasteiger partial charge in [0.05, 0.1) is 24.2 Å². The van der Waals surface area contributed by atoms with Gasteiger partial charge in [-0.25, -0.2) is 9.48 Å². The highest BCUT2D eigenvalue weighted by Gasteiger charge is 2.22. The van der Waals surface area contributed by atoms with E-state index in [4.69, 9.17) is 4.74 Å². The minimum absolute atomic E-state index is 0.0228. The summed E-state index contributed by atoms with van der Waals surface area (Å²) in [5, 5.41) is 4.29. The normalized spacial score (nSPS) is 12.1. The molecule has 0 fully saturated rings. The number of carbonyl (C=O) groups excluding carboxylic acids is 2. The van der Waals surface area contributed by atoms with Gasteiger partial charge in [0.1, 0.15) is 5.56 Å². The molecule has 2 aromatic rings. The van der Waals surface area contributed by atoms with Crippen LogP contribution in [0.4, 0.5) is 0 Å². The van der Waals surface area contributed by atoms with Crippen molar-refractivity contribution < 1.29 is 14.3 Å². The molecule has 0 unspecified atom stereocenters. The fourth-order valence-electron chi connectivity index (χ4n) is 2.97. The van der Waals surface area contributed by atoms with Gasteiger partial charge in [0, 0.05) is 18.2 Å². The Kier molecular flexibility index (Phi) is 6.77. The van der Waals surface area contributed by atoms with Crippen molar-refractivity contribution in [2.75, 3.05) is 13.2 Å². The summed E-state index contributed by atoms with van der Waals surface area (Å²) < 4.78 is 6.72. The van der Waals surface area contributed by atoms with Gasteiger partial charge in [0.25, 0.3) is 5.91 Å². The molecule has 0 radical (unpaired) electrons. The topological polar surface area (TPSA) is 64.4 Å². The van der Waals surface area contributed by atoms with Gasteiger partial charge in [0.15, 0.2) is 0 Å². The highest BCUT2D eigenvalue weighted by atomic mass is 16.5. The summed E-state index contributed by atoms with van der Waals surface area (Å²) in [5.74, 6) is 0.0325. The molecule has 2 rings (SSSR count). The third-order valence-corrected chi connectivity index (χ3v) is 4.92. The zero-order valence-electron chi connectivity index (χ0n) is 17.0. The largest absolute Gasteiger partial charge is 0.462 e. The molecule has 1 aromatic carbocycles. The Hall–Kier alpha value is -2.63. The zero-order chi connectivity index (χ0) is 20.1. The Morgan fingerprint density at radius 1 is 1.15 bits per heavy atom. The quantitative estimate of drug-likeness (QED) is 0.693. The fraction of sp³-hybridized carbons (Fsp3) is 0.476. The van der Waals surface area contributed by atoms with Gasteiger partial charge in [-0.15, -0.1) is 0 Å². The number of nitrogens with zero attached hydrogens (tertiary/aromatic N) is 3. The van der Waals surface area contributed by atoms with Crippen LogP contribution in [0.1, 0.15) is 61.0 Å². The van der Waals surface area contributed by atoms with Crippen LogP contribution in [-0.2, 0) is 4.74 Å². The lowest BCUT2D eigenvalue weighted by Crippen LogP contribution is -2.41. The van der Waals surface area contributed by atoms with Crippen LogP contribution in [0.15, 0.2) is 30.5 Å². The molecule has 0 N–H and O–H groups in total. The third-order valence-electron chi connectivity index (χ3n) is 4.92. The molecule has 0 saturated heterocycles. The lowest BCUT2D eigenvalue weighted by molar-refractivity contribution is 0.0525. The smallest absolute Gasteiger partial charge is 0.341 e. The highest BCUT2D eigenvalue weighted by molar-refractivity contribution is 5.94. The minimum Gasteiger partial charge on any atom is -0.462 e. The van der Waals surface area contributed by atoms with E-state index in [9.17, 15) is 9.59 Å². The Bertz CT molecular complexity index is 794. The van der Waals surface area contributed by atoms with Gasteiger partial charge in [0.2, 0.25) is 0 Å². The molecule has 1 heterocycles. The third kappa shape index (κ3) is 4.38. The SMILES string of the molecule is CCOC(=O)c1cnn(-c2ccc(C(=O)N(CC)[C@@H](C)C(C)C)cc2)c1C. The van der Waals surface area contributed by atoms with Crippen LogP contribution in [-0.4, -0.2) is 45.8 Å². The van der Waals surface area contributed by atoms with Gasteiger partial charge in [-0.3, -0.25) is 4.79 Å². The zero-order valence-corrected chi connectivity index (χ0v) is 17.0. The summed E-state index contributed by atoms with van der Waals surface area (Å²) in [7, 11) is 0. The van der Waals surface area contributed by atoms with E-state index in [2.05, 4.69) is 25.9 Å². The molecule has 1 atom stereocenters. The van der Waals surface area contributed by atoms with Gasteiger partial charge in [-0.1, -0.05) is 13.8 Å². The monoisotopic (exact) mass is 371 g/mol. The maximum atomic E-state index is 12.8. The number of hydrogen-bond donors (Lipinski definition) is 0. The molecule has 0 aliphatic rings. The van der Waals surface area contributed by atoms with Crippen LogP contribution in [0, 0.1) is 12.8 Å². The van der Waals surface area contributed by atoms with E-state index < -0.39 is 0 Å². The van der Waals surface area contributed by atoms with Crippen molar-refractivity contribution in [3.05, 3.63) is 47.3 Å². The lowest BCUT2D eigenvalue weighted by Gasteiger charge is -2.31. The van der Waals surface area contributed by atoms with E-state index in [1.807, 2.05) is 30.9 Å². The van der Waals surface area contributed by atoms with Crippen LogP contribution < -0.4 is 0 Å². The van der Waals surface area contributed by atoms with Crippen LogP contribution in [0.3, 0.4) is 0 Å². The molecule has 0 aliphatic heterocycles. The molecule has 1 aromatic heterocycles. The maximum absolute atomic E-state index is 12.8. The van der Waals surface area contributed by atoms with Crippen molar-refractivity contribution in [2.45, 2.75) is 47.6 Å². The molecule has 146 valence electrons. The van der Waals surface area contributed by atoms with E-state index >= 15 is 0 Å². The number of aromatic nitrogens is 2. The first-order valence-corrected chi connectivity index (χ1v) is 9.44. The second-order valence-corrected chi connectivity index (χ2v) is 6.90. The molecular formula is C21H29N3O3. The first kappa shape index (κ1) is 20.7. The van der Waals surface area contributed by atoms with E-state index in [0.717, 1.165) is 5.69 Å². The van der Waals surface area contributed by atoms with E-state index in [1.54, 1.807) is 23.7 Å². The number of hydrogen-bond acceptors (Lipinski definition) is 4. The van der Waals surface area contributed by atoms with Crippen molar-refractivity contribution in [1.29, 1.82) is 0 Å². The molecule has 0 spiro atoms. The van der Waals surface area contributed by atoms with E-state index in [1.165, 1.54) is 6.20 Å². The predicted octanol–water partition coefficient (Wildman–Crippen LogP) is 3.86. The number of esters is 1. The molecule has 27 heavy (non-hydrogen) atoms. The van der Waals surface area contributed by atoms with Crippen LogP contribution in [0.2, 0.25) is 0 Å². The van der Waals surface area contributed by atoms with E-state index in [-0.39, 0.29) is 17.9 Å². The molecule has 0 bridgehead atoms. The molecule has 1 amide bonds. The molecule has 0 saturated carbocycles. The average molecular weight is 371 g/mol. The molecule has 0 aliphatic carbocycles. The summed E-state index contributed by atoms with van der Waals surface area (Å²) in [5.41, 5.74) is 2.58. The minimum atomic E-state index is -0.380. The summed E-state index contributed by atoms with van der Waals surface area (Å²) in [6, 6.07) is 7.46. The lowest BCUT2D eigenvalue weighted by atomic mass is 10.0. The first-order valence-electron chi connectivity index (χ1n) is 9.44. The Labute approximate surface area is 161 Å². The van der Waals surface area contributed by atoms with Gasteiger partial charge in [-0.2, -0.15) is 5.10 Å². The second kappa shape index (κ2) is 8.84. The van der Waals surface area contributed by atoms with Crippen LogP contribution >= 0.6 is 0 Å². The van der Waals surface area contributed by atoms with Gasteiger partial charge in [-0.05, 0) is 57.9 Å². The first-order chi connectivity index (χ1) is 12.8. The average Bonchev–Trinajstić information content (AvgIpc) is 3.03. The predicted molar refractivity (Wildman–Crippen MR) is 105 cm³/mol. The van der Waals surface area contributed by atoms with Gasteiger partial charge >= 0.3 is 5.97 Å². The number of carbonyl (C=O) groups is 2. The second-order valence-electron chi connectivity index (χ2n) is 6.90. The van der Waals surface area contributed by atoms with Crippen LogP contribution in [0.25, 0.3) is 5.69 Å². The van der Waals surface area contributed by atoms with Gasteiger partial charge < -0.3 is 9.64 Å². The molecule has 6 heteroatoms. The van der Waals surface area contributed by atoms with Crippen molar-refractivity contribution >= 4 is 11.9 Å². The summed E-state index contributed by atoms with van der Waals surface area (Å²) in [6.07, 6.45) is 1.51. The Morgan fingerprint density at radius 2 is 1.78 bits per heavy atom. The van der Waals surface area contributed by atoms with E-state index in [0.29, 0.717) is 35.9 Å².